The van der Waals surface area contributed by atoms with Crippen LogP contribution in [0.2, 0.25) is 0 Å². The van der Waals surface area contributed by atoms with Gasteiger partial charge in [-0.05, 0) is 24.6 Å². The third kappa shape index (κ3) is 3.40. The van der Waals surface area contributed by atoms with Crippen LogP contribution in [0.15, 0.2) is 18.2 Å². The van der Waals surface area contributed by atoms with Crippen LogP contribution in [-0.2, 0) is 0 Å². The van der Waals surface area contributed by atoms with Crippen LogP contribution in [-0.4, -0.2) is 49.4 Å². The van der Waals surface area contributed by atoms with Gasteiger partial charge < -0.3 is 19.7 Å². The van der Waals surface area contributed by atoms with E-state index in [9.17, 15) is 0 Å². The largest absolute Gasteiger partial charge is 0.454 e. The van der Waals surface area contributed by atoms with Crippen LogP contribution in [0.4, 0.5) is 0 Å². The fraction of sp³-hybridized carbons (Fsp3) is 0.600. The number of thioether (sulfide) groups is 1. The Bertz CT molecular complexity index is 449. The normalized spacial score (nSPS) is 20.1. The zero-order chi connectivity index (χ0) is 13.8. The van der Waals surface area contributed by atoms with Crippen molar-refractivity contribution in [3.05, 3.63) is 23.8 Å². The molecule has 1 aromatic carbocycles. The van der Waals surface area contributed by atoms with Gasteiger partial charge in [-0.1, -0.05) is 6.07 Å². The zero-order valence-corrected chi connectivity index (χ0v) is 12.7. The summed E-state index contributed by atoms with van der Waals surface area (Å²) in [6.07, 6.45) is 0. The van der Waals surface area contributed by atoms with Gasteiger partial charge in [-0.25, -0.2) is 0 Å². The molecule has 1 aromatic rings. The third-order valence-corrected chi connectivity index (χ3v) is 4.82. The van der Waals surface area contributed by atoms with E-state index in [-0.39, 0.29) is 0 Å². The molecule has 2 aliphatic rings. The van der Waals surface area contributed by atoms with Gasteiger partial charge in [-0.15, -0.1) is 0 Å². The molecule has 0 spiro atoms. The number of hydrogen-bond donors (Lipinski definition) is 1. The first-order valence-corrected chi connectivity index (χ1v) is 8.41. The lowest BCUT2D eigenvalue weighted by Gasteiger charge is -2.26. The van der Waals surface area contributed by atoms with Crippen LogP contribution >= 0.6 is 11.8 Å². The number of nitrogens with one attached hydrogen (secondary N) is 1. The summed E-state index contributed by atoms with van der Waals surface area (Å²) in [6.45, 7) is 7.16. The number of hydrogen-bond acceptors (Lipinski definition) is 5. The molecule has 4 nitrogen and oxygen atoms in total. The summed E-state index contributed by atoms with van der Waals surface area (Å²) in [6, 6.07) is 6.53. The van der Waals surface area contributed by atoms with Crippen LogP contribution in [0.3, 0.4) is 0 Å². The number of rotatable bonds is 5. The van der Waals surface area contributed by atoms with E-state index in [2.05, 4.69) is 41.0 Å². The van der Waals surface area contributed by atoms with Crippen molar-refractivity contribution in [2.24, 2.45) is 0 Å². The van der Waals surface area contributed by atoms with E-state index in [1.54, 1.807) is 0 Å². The van der Waals surface area contributed by atoms with Gasteiger partial charge in [0.1, 0.15) is 0 Å². The van der Waals surface area contributed by atoms with Crippen molar-refractivity contribution < 1.29 is 9.47 Å². The molecule has 1 N–H and O–H groups in total. The zero-order valence-electron chi connectivity index (χ0n) is 11.9. The average molecular weight is 294 g/mol. The summed E-state index contributed by atoms with van der Waals surface area (Å²) in [4.78, 5) is 2.54. The highest BCUT2D eigenvalue weighted by atomic mass is 32.2. The standard InChI is InChI=1S/C15H22N2O2S/c1-12(16-4-5-17-6-8-20-9-7-17)13-2-3-14-15(10-13)19-11-18-14/h2-3,10,12,16H,4-9,11H2,1H3. The summed E-state index contributed by atoms with van der Waals surface area (Å²) in [5, 5.41) is 3.59. The quantitative estimate of drug-likeness (QED) is 0.899. The van der Waals surface area contributed by atoms with Crippen molar-refractivity contribution in [2.45, 2.75) is 13.0 Å². The van der Waals surface area contributed by atoms with Gasteiger partial charge in [0.2, 0.25) is 6.79 Å². The molecule has 2 aliphatic heterocycles. The molecule has 0 aromatic heterocycles. The van der Waals surface area contributed by atoms with E-state index in [4.69, 9.17) is 9.47 Å². The number of nitrogens with zero attached hydrogens (tertiary/aromatic N) is 1. The van der Waals surface area contributed by atoms with E-state index >= 15 is 0 Å². The highest BCUT2D eigenvalue weighted by Crippen LogP contribution is 2.34. The molecule has 1 fully saturated rings. The van der Waals surface area contributed by atoms with Gasteiger partial charge in [0.15, 0.2) is 11.5 Å². The Balaban J connectivity index is 1.47. The molecular weight excluding hydrogens is 272 g/mol. The number of benzene rings is 1. The summed E-state index contributed by atoms with van der Waals surface area (Å²) < 4.78 is 10.8. The van der Waals surface area contributed by atoms with E-state index in [1.165, 1.54) is 30.2 Å². The monoisotopic (exact) mass is 294 g/mol. The van der Waals surface area contributed by atoms with Crippen LogP contribution in [0.25, 0.3) is 0 Å². The summed E-state index contributed by atoms with van der Waals surface area (Å²) in [5.74, 6) is 4.27. The molecule has 1 unspecified atom stereocenters. The molecular formula is C15H22N2O2S. The highest BCUT2D eigenvalue weighted by molar-refractivity contribution is 7.99. The molecule has 1 saturated heterocycles. The molecule has 0 aliphatic carbocycles. The minimum Gasteiger partial charge on any atom is -0.454 e. The van der Waals surface area contributed by atoms with Crippen LogP contribution in [0.5, 0.6) is 11.5 Å². The van der Waals surface area contributed by atoms with Gasteiger partial charge in [0, 0.05) is 43.7 Å². The molecule has 2 heterocycles. The smallest absolute Gasteiger partial charge is 0.231 e. The van der Waals surface area contributed by atoms with Crippen molar-refractivity contribution in [3.63, 3.8) is 0 Å². The molecule has 0 radical (unpaired) electrons. The van der Waals surface area contributed by atoms with E-state index in [1.807, 2.05) is 6.07 Å². The highest BCUT2D eigenvalue weighted by Gasteiger charge is 2.16. The first-order valence-electron chi connectivity index (χ1n) is 7.26. The van der Waals surface area contributed by atoms with Crippen LogP contribution in [0.1, 0.15) is 18.5 Å². The van der Waals surface area contributed by atoms with Gasteiger partial charge in [0.25, 0.3) is 0 Å². The minimum absolute atomic E-state index is 0.337. The first kappa shape index (κ1) is 14.0. The van der Waals surface area contributed by atoms with Crippen LogP contribution in [0, 0.1) is 0 Å². The molecule has 1 atom stereocenters. The predicted octanol–water partition coefficient (Wildman–Crippen LogP) is 2.11. The van der Waals surface area contributed by atoms with Crippen LogP contribution < -0.4 is 14.8 Å². The van der Waals surface area contributed by atoms with Crippen molar-refractivity contribution in [3.8, 4) is 11.5 Å². The van der Waals surface area contributed by atoms with Gasteiger partial charge >= 0.3 is 0 Å². The first-order chi connectivity index (χ1) is 9.83. The lowest BCUT2D eigenvalue weighted by molar-refractivity contribution is 0.174. The maximum absolute atomic E-state index is 5.43. The molecule has 5 heteroatoms. The Morgan fingerprint density at radius 3 is 2.90 bits per heavy atom. The Hall–Kier alpha value is -0.910. The predicted molar refractivity (Wildman–Crippen MR) is 82.7 cm³/mol. The molecule has 3 rings (SSSR count). The van der Waals surface area contributed by atoms with Crippen molar-refractivity contribution in [1.82, 2.24) is 10.2 Å². The maximum atomic E-state index is 5.43. The topological polar surface area (TPSA) is 33.7 Å². The number of fused-ring (bicyclic) bond motifs is 1. The summed E-state index contributed by atoms with van der Waals surface area (Å²) >= 11 is 2.06. The second kappa shape index (κ2) is 6.70. The second-order valence-electron chi connectivity index (χ2n) is 5.24. The second-order valence-corrected chi connectivity index (χ2v) is 6.47. The fourth-order valence-corrected chi connectivity index (χ4v) is 3.54. The molecule has 0 amide bonds. The third-order valence-electron chi connectivity index (χ3n) is 3.88. The molecule has 0 saturated carbocycles. The lowest BCUT2D eigenvalue weighted by Crippen LogP contribution is -2.38. The Labute approximate surface area is 124 Å². The average Bonchev–Trinajstić information content (AvgIpc) is 2.95. The van der Waals surface area contributed by atoms with Gasteiger partial charge in [-0.3, -0.25) is 0 Å². The van der Waals surface area contributed by atoms with E-state index in [0.29, 0.717) is 12.8 Å². The van der Waals surface area contributed by atoms with Crippen molar-refractivity contribution in [2.75, 3.05) is 44.5 Å². The Kier molecular flexibility index (Phi) is 4.70. The van der Waals surface area contributed by atoms with Gasteiger partial charge in [-0.2, -0.15) is 11.8 Å². The molecule has 110 valence electrons. The molecule has 20 heavy (non-hydrogen) atoms. The van der Waals surface area contributed by atoms with Gasteiger partial charge in [0.05, 0.1) is 0 Å². The SMILES string of the molecule is CC(NCCN1CCSCC1)c1ccc2c(c1)OCO2. The van der Waals surface area contributed by atoms with Crippen molar-refractivity contribution in [1.29, 1.82) is 0 Å². The van der Waals surface area contributed by atoms with Crippen molar-refractivity contribution >= 4 is 11.8 Å². The Morgan fingerprint density at radius 1 is 1.25 bits per heavy atom. The lowest BCUT2D eigenvalue weighted by atomic mass is 10.1. The number of ether oxygens (including phenoxy) is 2. The van der Waals surface area contributed by atoms with E-state index in [0.717, 1.165) is 24.6 Å². The molecule has 0 bridgehead atoms. The summed E-state index contributed by atoms with van der Waals surface area (Å²) in [5.41, 5.74) is 1.25. The fourth-order valence-electron chi connectivity index (χ4n) is 2.56. The summed E-state index contributed by atoms with van der Waals surface area (Å²) in [7, 11) is 0. The minimum atomic E-state index is 0.337. The maximum Gasteiger partial charge on any atom is 0.231 e. The van der Waals surface area contributed by atoms with E-state index < -0.39 is 0 Å². The Morgan fingerprint density at radius 2 is 2.05 bits per heavy atom.